The highest BCUT2D eigenvalue weighted by Gasteiger charge is 2.47. The average molecular weight is 444 g/mol. The van der Waals surface area contributed by atoms with E-state index in [4.69, 9.17) is 0 Å². The summed E-state index contributed by atoms with van der Waals surface area (Å²) in [5.41, 5.74) is 2.82. The van der Waals surface area contributed by atoms with Crippen LogP contribution in [0.15, 0.2) is 67.4 Å². The molecule has 1 aromatic carbocycles. The number of carbonyl (C=O) groups is 2. The molecule has 0 unspecified atom stereocenters. The molecule has 0 aliphatic carbocycles. The molecule has 0 radical (unpaired) electrons. The van der Waals surface area contributed by atoms with Crippen molar-refractivity contribution in [2.75, 3.05) is 26.2 Å². The third-order valence-corrected chi connectivity index (χ3v) is 6.39. The largest absolute Gasteiger partial charge is 0.343 e. The van der Waals surface area contributed by atoms with E-state index in [2.05, 4.69) is 33.2 Å². The highest BCUT2D eigenvalue weighted by molar-refractivity contribution is 5.93. The Labute approximate surface area is 194 Å². The molecule has 1 saturated heterocycles. The van der Waals surface area contributed by atoms with Crippen molar-refractivity contribution in [3.63, 3.8) is 0 Å². The van der Waals surface area contributed by atoms with Crippen molar-refractivity contribution in [3.05, 3.63) is 78.6 Å². The Bertz CT molecular complexity index is 1100. The summed E-state index contributed by atoms with van der Waals surface area (Å²) in [5.74, 6) is -0.0739. The summed E-state index contributed by atoms with van der Waals surface area (Å²) >= 11 is 0. The molecule has 0 N–H and O–H groups in total. The maximum Gasteiger partial charge on any atom is 0.274 e. The van der Waals surface area contributed by atoms with Gasteiger partial charge in [0.2, 0.25) is 5.91 Å². The van der Waals surface area contributed by atoms with Crippen LogP contribution in [0.5, 0.6) is 0 Å². The zero-order chi connectivity index (χ0) is 23.3. The Morgan fingerprint density at radius 2 is 1.79 bits per heavy atom. The highest BCUT2D eigenvalue weighted by atomic mass is 16.2. The van der Waals surface area contributed by atoms with E-state index in [1.54, 1.807) is 17.3 Å². The smallest absolute Gasteiger partial charge is 0.274 e. The van der Waals surface area contributed by atoms with Crippen LogP contribution in [0.1, 0.15) is 36.3 Å². The molecular weight excluding hydrogens is 414 g/mol. The lowest BCUT2D eigenvalue weighted by molar-refractivity contribution is -0.141. The molecule has 2 aromatic heterocycles. The van der Waals surface area contributed by atoms with Crippen LogP contribution in [0.25, 0.3) is 11.1 Å². The zero-order valence-electron chi connectivity index (χ0n) is 19.1. The van der Waals surface area contributed by atoms with Crippen LogP contribution in [0, 0.1) is 5.41 Å². The maximum atomic E-state index is 13.7. The fraction of sp³-hybridized carbons (Fsp3) is 0.346. The first-order chi connectivity index (χ1) is 16.1. The number of carbonyl (C=O) groups excluding carboxylic acids is 2. The second kappa shape index (κ2) is 9.90. The maximum absolute atomic E-state index is 13.7. The predicted octanol–water partition coefficient (Wildman–Crippen LogP) is 3.48. The molecule has 0 saturated carbocycles. The van der Waals surface area contributed by atoms with Crippen LogP contribution in [0.4, 0.5) is 0 Å². The lowest BCUT2D eigenvalue weighted by atomic mass is 9.79. The van der Waals surface area contributed by atoms with Crippen molar-refractivity contribution in [3.8, 4) is 11.1 Å². The third-order valence-electron chi connectivity index (χ3n) is 6.39. The van der Waals surface area contributed by atoms with Gasteiger partial charge in [0, 0.05) is 51.0 Å². The normalized spacial score (nSPS) is 17.7. The second-order valence-electron chi connectivity index (χ2n) is 8.44. The molecule has 0 spiro atoms. The lowest BCUT2D eigenvalue weighted by Gasteiger charge is -2.34. The van der Waals surface area contributed by atoms with Gasteiger partial charge in [-0.05, 0) is 49.4 Å². The summed E-state index contributed by atoms with van der Waals surface area (Å²) < 4.78 is 0. The average Bonchev–Trinajstić information content (AvgIpc) is 3.30. The molecule has 0 bridgehead atoms. The van der Waals surface area contributed by atoms with Crippen molar-refractivity contribution in [1.82, 2.24) is 24.8 Å². The number of benzene rings is 1. The van der Waals surface area contributed by atoms with E-state index in [9.17, 15) is 9.59 Å². The van der Waals surface area contributed by atoms with Crippen LogP contribution in [-0.2, 0) is 11.2 Å². The molecule has 7 nitrogen and oxygen atoms in total. The van der Waals surface area contributed by atoms with Gasteiger partial charge in [-0.1, -0.05) is 30.3 Å². The number of aromatic nitrogens is 3. The van der Waals surface area contributed by atoms with Gasteiger partial charge in [-0.3, -0.25) is 19.6 Å². The number of hydrogen-bond acceptors (Lipinski definition) is 5. The zero-order valence-corrected chi connectivity index (χ0v) is 19.1. The molecule has 33 heavy (non-hydrogen) atoms. The molecule has 1 aliphatic rings. The van der Waals surface area contributed by atoms with E-state index in [0.29, 0.717) is 44.7 Å². The van der Waals surface area contributed by atoms with E-state index in [-0.39, 0.29) is 11.8 Å². The fourth-order valence-corrected chi connectivity index (χ4v) is 4.64. The molecule has 2 amide bonds. The van der Waals surface area contributed by atoms with E-state index < -0.39 is 5.41 Å². The minimum absolute atomic E-state index is 0.105. The third kappa shape index (κ3) is 4.77. The minimum Gasteiger partial charge on any atom is -0.343 e. The number of amides is 2. The number of nitrogens with zero attached hydrogens (tertiary/aromatic N) is 5. The molecule has 1 fully saturated rings. The summed E-state index contributed by atoms with van der Waals surface area (Å²) in [4.78, 5) is 42.8. The van der Waals surface area contributed by atoms with E-state index in [1.165, 1.54) is 12.4 Å². The standard InChI is InChI=1S/C26H29N5O2/c1-3-30(4-2)25(33)26(10-14-31(19-26)24(32)23-18-28-12-13-29-23)16-20-7-5-8-21(15-20)22-9-6-11-27-17-22/h5-9,11-13,15,17-18H,3-4,10,14,16,19H2,1-2H3/t26-/m1/s1. The topological polar surface area (TPSA) is 79.3 Å². The molecule has 1 aliphatic heterocycles. The van der Waals surface area contributed by atoms with Gasteiger partial charge in [0.1, 0.15) is 5.69 Å². The van der Waals surface area contributed by atoms with Gasteiger partial charge in [-0.25, -0.2) is 4.98 Å². The number of pyridine rings is 1. The van der Waals surface area contributed by atoms with Crippen molar-refractivity contribution < 1.29 is 9.59 Å². The summed E-state index contributed by atoms with van der Waals surface area (Å²) in [7, 11) is 0. The van der Waals surface area contributed by atoms with Gasteiger partial charge in [0.25, 0.3) is 5.91 Å². The Morgan fingerprint density at radius 1 is 1.00 bits per heavy atom. The Balaban J connectivity index is 1.64. The summed E-state index contributed by atoms with van der Waals surface area (Å²) in [6.07, 6.45) is 9.32. The number of hydrogen-bond donors (Lipinski definition) is 0. The van der Waals surface area contributed by atoms with E-state index in [0.717, 1.165) is 16.7 Å². The summed E-state index contributed by atoms with van der Waals surface area (Å²) in [6.45, 7) is 6.17. The van der Waals surface area contributed by atoms with Crippen LogP contribution in [0.2, 0.25) is 0 Å². The molecule has 4 rings (SSSR count). The van der Waals surface area contributed by atoms with Crippen molar-refractivity contribution in [1.29, 1.82) is 0 Å². The first-order valence-corrected chi connectivity index (χ1v) is 11.4. The SMILES string of the molecule is CCN(CC)C(=O)[C@@]1(Cc2cccc(-c3cccnc3)c2)CCN(C(=O)c2cnccn2)C1. The fourth-order valence-electron chi connectivity index (χ4n) is 4.64. The van der Waals surface area contributed by atoms with Crippen LogP contribution in [-0.4, -0.2) is 62.7 Å². The van der Waals surface area contributed by atoms with Gasteiger partial charge >= 0.3 is 0 Å². The molecule has 1 atom stereocenters. The lowest BCUT2D eigenvalue weighted by Crippen LogP contribution is -2.47. The van der Waals surface area contributed by atoms with Gasteiger partial charge in [0.05, 0.1) is 11.6 Å². The quantitative estimate of drug-likeness (QED) is 0.559. The molecule has 3 aromatic rings. The number of rotatable bonds is 7. The minimum atomic E-state index is -0.669. The van der Waals surface area contributed by atoms with Gasteiger partial charge in [0.15, 0.2) is 0 Å². The van der Waals surface area contributed by atoms with Crippen molar-refractivity contribution in [2.45, 2.75) is 26.7 Å². The first-order valence-electron chi connectivity index (χ1n) is 11.4. The monoisotopic (exact) mass is 443 g/mol. The van der Waals surface area contributed by atoms with Crippen molar-refractivity contribution >= 4 is 11.8 Å². The van der Waals surface area contributed by atoms with Crippen LogP contribution >= 0.6 is 0 Å². The Hall–Kier alpha value is -3.61. The molecule has 7 heteroatoms. The van der Waals surface area contributed by atoms with Gasteiger partial charge < -0.3 is 9.80 Å². The van der Waals surface area contributed by atoms with E-state index >= 15 is 0 Å². The Morgan fingerprint density at radius 3 is 2.48 bits per heavy atom. The Kier molecular flexibility index (Phi) is 6.77. The molecular formula is C26H29N5O2. The van der Waals surface area contributed by atoms with Gasteiger partial charge in [-0.2, -0.15) is 0 Å². The van der Waals surface area contributed by atoms with Crippen LogP contribution < -0.4 is 0 Å². The predicted molar refractivity (Wildman–Crippen MR) is 126 cm³/mol. The van der Waals surface area contributed by atoms with Crippen molar-refractivity contribution in [2.24, 2.45) is 5.41 Å². The number of likely N-dealkylation sites (tertiary alicyclic amines) is 1. The highest BCUT2D eigenvalue weighted by Crippen LogP contribution is 2.37. The summed E-state index contributed by atoms with van der Waals surface area (Å²) in [5, 5.41) is 0. The molecule has 3 heterocycles. The van der Waals surface area contributed by atoms with E-state index in [1.807, 2.05) is 43.1 Å². The first kappa shape index (κ1) is 22.6. The van der Waals surface area contributed by atoms with Gasteiger partial charge in [-0.15, -0.1) is 0 Å². The second-order valence-corrected chi connectivity index (χ2v) is 8.44. The molecule has 170 valence electrons. The van der Waals surface area contributed by atoms with Crippen LogP contribution in [0.3, 0.4) is 0 Å². The summed E-state index contributed by atoms with van der Waals surface area (Å²) in [6, 6.07) is 12.2.